The van der Waals surface area contributed by atoms with Crippen LogP contribution in [0.2, 0.25) is 0 Å². The molecular formula is C24H30O4. The quantitative estimate of drug-likeness (QED) is 0.259. The predicted octanol–water partition coefficient (Wildman–Crippen LogP) is 5.94. The van der Waals surface area contributed by atoms with E-state index in [9.17, 15) is 9.59 Å². The summed E-state index contributed by atoms with van der Waals surface area (Å²) in [6, 6.07) is 17.3. The molecule has 0 radical (unpaired) electrons. The Balaban J connectivity index is 1.62. The lowest BCUT2D eigenvalue weighted by atomic mass is 10.1. The van der Waals surface area contributed by atoms with Gasteiger partial charge in [0.05, 0.1) is 19.4 Å². The number of ether oxygens (including phenoxy) is 2. The van der Waals surface area contributed by atoms with Crippen molar-refractivity contribution >= 4 is 11.9 Å². The van der Waals surface area contributed by atoms with Crippen molar-refractivity contribution in [1.82, 2.24) is 0 Å². The zero-order valence-electron chi connectivity index (χ0n) is 16.7. The molecule has 0 spiro atoms. The topological polar surface area (TPSA) is 52.6 Å². The first-order valence-corrected chi connectivity index (χ1v) is 10.2. The van der Waals surface area contributed by atoms with Crippen LogP contribution in [0.4, 0.5) is 0 Å². The molecule has 150 valence electrons. The van der Waals surface area contributed by atoms with E-state index in [1.165, 1.54) is 25.7 Å². The molecule has 0 aliphatic heterocycles. The van der Waals surface area contributed by atoms with E-state index in [2.05, 4.69) is 6.92 Å². The maximum atomic E-state index is 11.9. The Kier molecular flexibility index (Phi) is 9.84. The lowest BCUT2D eigenvalue weighted by Gasteiger charge is -2.07. The Labute approximate surface area is 167 Å². The summed E-state index contributed by atoms with van der Waals surface area (Å²) in [6.07, 6.45) is 6.94. The molecule has 2 aromatic rings. The van der Waals surface area contributed by atoms with Gasteiger partial charge in [-0.2, -0.15) is 0 Å². The first kappa shape index (κ1) is 21.7. The fourth-order valence-corrected chi connectivity index (χ4v) is 2.87. The Hall–Kier alpha value is -2.62. The number of benzene rings is 2. The minimum absolute atomic E-state index is 0.0236. The van der Waals surface area contributed by atoms with E-state index in [0.717, 1.165) is 24.0 Å². The molecule has 2 aromatic carbocycles. The first-order chi connectivity index (χ1) is 13.7. The van der Waals surface area contributed by atoms with Gasteiger partial charge in [0, 0.05) is 0 Å². The monoisotopic (exact) mass is 382 g/mol. The van der Waals surface area contributed by atoms with Crippen molar-refractivity contribution in [3.05, 3.63) is 54.6 Å². The lowest BCUT2D eigenvalue weighted by Crippen LogP contribution is -2.12. The smallest absolute Gasteiger partial charge is 0.311 e. The second-order valence-electron chi connectivity index (χ2n) is 6.85. The summed E-state index contributed by atoms with van der Waals surface area (Å²) >= 11 is 0. The fourth-order valence-electron chi connectivity index (χ4n) is 2.87. The zero-order chi connectivity index (χ0) is 20.0. The van der Waals surface area contributed by atoms with Crippen LogP contribution in [0.15, 0.2) is 54.6 Å². The molecular weight excluding hydrogens is 352 g/mol. The number of carbonyl (C=O) groups excluding carboxylic acids is 2. The van der Waals surface area contributed by atoms with Crippen molar-refractivity contribution in [1.29, 1.82) is 0 Å². The number of carbonyl (C=O) groups is 2. The zero-order valence-corrected chi connectivity index (χ0v) is 16.7. The van der Waals surface area contributed by atoms with Gasteiger partial charge >= 0.3 is 11.9 Å². The molecule has 0 aliphatic rings. The highest BCUT2D eigenvalue weighted by molar-refractivity contribution is 5.79. The number of esters is 2. The standard InChI is InChI=1S/C24H30O4/c1-2-3-4-5-6-10-19-27-23(25)17-18-24(26)28-22-15-13-21(14-16-22)20-11-8-7-9-12-20/h7-9,11-16H,2-6,10,17-19H2,1H3. The molecule has 4 heteroatoms. The van der Waals surface area contributed by atoms with Crippen LogP contribution in [-0.2, 0) is 14.3 Å². The van der Waals surface area contributed by atoms with Gasteiger partial charge in [-0.25, -0.2) is 0 Å². The van der Waals surface area contributed by atoms with Gasteiger partial charge < -0.3 is 9.47 Å². The minimum atomic E-state index is -0.427. The molecule has 0 heterocycles. The van der Waals surface area contributed by atoms with Crippen LogP contribution in [0, 0.1) is 0 Å². The Morgan fingerprint density at radius 3 is 2.04 bits per heavy atom. The van der Waals surface area contributed by atoms with Crippen molar-refractivity contribution in [3.63, 3.8) is 0 Å². The van der Waals surface area contributed by atoms with Crippen molar-refractivity contribution in [2.45, 2.75) is 58.3 Å². The third-order valence-electron chi connectivity index (χ3n) is 4.49. The summed E-state index contributed by atoms with van der Waals surface area (Å²) < 4.78 is 10.5. The van der Waals surface area contributed by atoms with E-state index < -0.39 is 5.97 Å². The van der Waals surface area contributed by atoms with E-state index in [0.29, 0.717) is 12.4 Å². The van der Waals surface area contributed by atoms with Crippen molar-refractivity contribution in [2.75, 3.05) is 6.61 Å². The van der Waals surface area contributed by atoms with Crippen LogP contribution in [0.3, 0.4) is 0 Å². The van der Waals surface area contributed by atoms with Crippen LogP contribution in [0.25, 0.3) is 11.1 Å². The summed E-state index contributed by atoms with van der Waals surface area (Å²) in [5.74, 6) is -0.293. The Morgan fingerprint density at radius 1 is 0.714 bits per heavy atom. The molecule has 0 aliphatic carbocycles. The molecule has 0 bridgehead atoms. The molecule has 0 saturated carbocycles. The van der Waals surface area contributed by atoms with E-state index in [-0.39, 0.29) is 18.8 Å². The average Bonchev–Trinajstić information content (AvgIpc) is 2.73. The highest BCUT2D eigenvalue weighted by Crippen LogP contribution is 2.22. The fraction of sp³-hybridized carbons (Fsp3) is 0.417. The van der Waals surface area contributed by atoms with Crippen LogP contribution in [0.1, 0.15) is 58.3 Å². The molecule has 0 atom stereocenters. The Morgan fingerprint density at radius 2 is 1.32 bits per heavy atom. The molecule has 4 nitrogen and oxygen atoms in total. The van der Waals surface area contributed by atoms with E-state index in [1.54, 1.807) is 12.1 Å². The summed E-state index contributed by atoms with van der Waals surface area (Å²) in [4.78, 5) is 23.6. The predicted molar refractivity (Wildman–Crippen MR) is 111 cm³/mol. The maximum absolute atomic E-state index is 11.9. The van der Waals surface area contributed by atoms with Gasteiger partial charge in [-0.3, -0.25) is 9.59 Å². The van der Waals surface area contributed by atoms with Gasteiger partial charge in [0.2, 0.25) is 0 Å². The highest BCUT2D eigenvalue weighted by Gasteiger charge is 2.10. The van der Waals surface area contributed by atoms with E-state index in [1.807, 2.05) is 42.5 Å². The van der Waals surface area contributed by atoms with Gasteiger partial charge in [0.25, 0.3) is 0 Å². The third-order valence-corrected chi connectivity index (χ3v) is 4.49. The SMILES string of the molecule is CCCCCCCCOC(=O)CCC(=O)Oc1ccc(-c2ccccc2)cc1. The van der Waals surface area contributed by atoms with Crippen LogP contribution in [-0.4, -0.2) is 18.5 Å². The first-order valence-electron chi connectivity index (χ1n) is 10.2. The molecule has 0 N–H and O–H groups in total. The number of hydrogen-bond donors (Lipinski definition) is 0. The average molecular weight is 383 g/mol. The van der Waals surface area contributed by atoms with E-state index >= 15 is 0 Å². The third kappa shape index (κ3) is 8.38. The normalized spacial score (nSPS) is 10.5. The summed E-state index contributed by atoms with van der Waals surface area (Å²) in [5.41, 5.74) is 2.16. The number of unbranched alkanes of at least 4 members (excludes halogenated alkanes) is 5. The van der Waals surface area contributed by atoms with Crippen LogP contribution in [0.5, 0.6) is 5.75 Å². The number of hydrogen-bond acceptors (Lipinski definition) is 4. The van der Waals surface area contributed by atoms with Gasteiger partial charge in [0.15, 0.2) is 0 Å². The lowest BCUT2D eigenvalue weighted by molar-refractivity contribution is -0.147. The largest absolute Gasteiger partial charge is 0.466 e. The number of rotatable bonds is 12. The van der Waals surface area contributed by atoms with Gasteiger partial charge in [-0.15, -0.1) is 0 Å². The molecule has 0 fully saturated rings. The summed E-state index contributed by atoms with van der Waals surface area (Å²) in [5, 5.41) is 0. The van der Waals surface area contributed by atoms with Crippen molar-refractivity contribution in [2.24, 2.45) is 0 Å². The summed E-state index contributed by atoms with van der Waals surface area (Å²) in [6.45, 7) is 2.62. The molecule has 2 rings (SSSR count). The molecule has 0 unspecified atom stereocenters. The van der Waals surface area contributed by atoms with Crippen LogP contribution < -0.4 is 4.74 Å². The molecule has 28 heavy (non-hydrogen) atoms. The molecule has 0 saturated heterocycles. The van der Waals surface area contributed by atoms with Crippen molar-refractivity contribution in [3.8, 4) is 16.9 Å². The van der Waals surface area contributed by atoms with Gasteiger partial charge in [-0.1, -0.05) is 81.5 Å². The molecule has 0 aromatic heterocycles. The van der Waals surface area contributed by atoms with Gasteiger partial charge in [0.1, 0.15) is 5.75 Å². The Bertz CT molecular complexity index is 707. The van der Waals surface area contributed by atoms with E-state index in [4.69, 9.17) is 9.47 Å². The van der Waals surface area contributed by atoms with Crippen molar-refractivity contribution < 1.29 is 19.1 Å². The minimum Gasteiger partial charge on any atom is -0.466 e. The summed E-state index contributed by atoms with van der Waals surface area (Å²) in [7, 11) is 0. The maximum Gasteiger partial charge on any atom is 0.311 e. The second kappa shape index (κ2) is 12.7. The molecule has 0 amide bonds. The second-order valence-corrected chi connectivity index (χ2v) is 6.85. The van der Waals surface area contributed by atoms with Gasteiger partial charge in [-0.05, 0) is 29.7 Å². The highest BCUT2D eigenvalue weighted by atomic mass is 16.5. The van der Waals surface area contributed by atoms with Crippen LogP contribution >= 0.6 is 0 Å².